The van der Waals surface area contributed by atoms with E-state index in [1.165, 1.54) is 24.3 Å². The van der Waals surface area contributed by atoms with E-state index < -0.39 is 16.0 Å². The van der Waals surface area contributed by atoms with Gasteiger partial charge in [0.1, 0.15) is 0 Å². The second-order valence-electron chi connectivity index (χ2n) is 4.74. The smallest absolute Gasteiger partial charge is 0.262 e. The van der Waals surface area contributed by atoms with Gasteiger partial charge < -0.3 is 9.90 Å². The molecular formula is C15H14NO4S-. The first-order chi connectivity index (χ1) is 9.79. The minimum atomic E-state index is -3.71. The fourth-order valence-electron chi connectivity index (χ4n) is 1.99. The van der Waals surface area contributed by atoms with Crippen molar-refractivity contribution in [2.24, 2.45) is 0 Å². The van der Waals surface area contributed by atoms with Crippen molar-refractivity contribution in [2.45, 2.75) is 18.7 Å². The van der Waals surface area contributed by atoms with Gasteiger partial charge in [0.2, 0.25) is 0 Å². The molecule has 0 aromatic heterocycles. The Hall–Kier alpha value is -2.34. The Labute approximate surface area is 123 Å². The third-order valence-electron chi connectivity index (χ3n) is 2.99. The molecular weight excluding hydrogens is 290 g/mol. The lowest BCUT2D eigenvalue weighted by Crippen LogP contribution is -2.22. The van der Waals surface area contributed by atoms with Crippen molar-refractivity contribution in [2.75, 3.05) is 4.72 Å². The molecule has 110 valence electrons. The highest BCUT2D eigenvalue weighted by atomic mass is 32.2. The van der Waals surface area contributed by atoms with Crippen molar-refractivity contribution in [3.8, 4) is 0 Å². The number of aromatic carboxylic acids is 1. The Morgan fingerprint density at radius 1 is 1.05 bits per heavy atom. The Kier molecular flexibility index (Phi) is 3.99. The molecule has 6 heteroatoms. The first kappa shape index (κ1) is 15.1. The van der Waals surface area contributed by atoms with Crippen molar-refractivity contribution in [1.29, 1.82) is 0 Å². The number of hydrogen-bond acceptors (Lipinski definition) is 4. The van der Waals surface area contributed by atoms with Gasteiger partial charge in [0.05, 0.1) is 10.9 Å². The molecule has 0 saturated heterocycles. The van der Waals surface area contributed by atoms with Crippen LogP contribution in [-0.4, -0.2) is 14.4 Å². The van der Waals surface area contributed by atoms with Crippen LogP contribution in [0.2, 0.25) is 0 Å². The number of benzene rings is 2. The molecule has 2 rings (SSSR count). The number of carbonyl (C=O) groups excluding carboxylic acids is 1. The molecule has 0 spiro atoms. The normalized spacial score (nSPS) is 11.1. The minimum absolute atomic E-state index is 0.00976. The summed E-state index contributed by atoms with van der Waals surface area (Å²) in [6.07, 6.45) is 0. The number of carboxylic acids is 1. The minimum Gasteiger partial charge on any atom is -0.545 e. The van der Waals surface area contributed by atoms with Crippen molar-refractivity contribution >= 4 is 21.7 Å². The lowest BCUT2D eigenvalue weighted by atomic mass is 10.2. The first-order valence-electron chi connectivity index (χ1n) is 6.21. The van der Waals surface area contributed by atoms with Gasteiger partial charge in [-0.15, -0.1) is 0 Å². The molecule has 0 atom stereocenters. The van der Waals surface area contributed by atoms with Gasteiger partial charge in [0.15, 0.2) is 0 Å². The number of sulfonamides is 1. The maximum absolute atomic E-state index is 12.3. The summed E-state index contributed by atoms with van der Waals surface area (Å²) >= 11 is 0. The zero-order valence-electron chi connectivity index (χ0n) is 11.6. The van der Waals surface area contributed by atoms with Gasteiger partial charge >= 0.3 is 0 Å². The van der Waals surface area contributed by atoms with Crippen molar-refractivity contribution in [3.63, 3.8) is 0 Å². The molecule has 0 aliphatic heterocycles. The fourth-order valence-corrected chi connectivity index (χ4v) is 3.27. The lowest BCUT2D eigenvalue weighted by molar-refractivity contribution is -0.255. The van der Waals surface area contributed by atoms with E-state index in [9.17, 15) is 18.3 Å². The Morgan fingerprint density at radius 2 is 1.67 bits per heavy atom. The predicted molar refractivity (Wildman–Crippen MR) is 77.5 cm³/mol. The van der Waals surface area contributed by atoms with E-state index in [1.807, 2.05) is 6.92 Å². The van der Waals surface area contributed by atoms with E-state index in [-0.39, 0.29) is 10.5 Å². The number of anilines is 1. The van der Waals surface area contributed by atoms with Crippen LogP contribution in [0.5, 0.6) is 0 Å². The monoisotopic (exact) mass is 304 g/mol. The summed E-state index contributed by atoms with van der Waals surface area (Å²) in [6.45, 7) is 3.61. The molecule has 0 saturated carbocycles. The predicted octanol–water partition coefficient (Wildman–Crippen LogP) is 1.47. The molecule has 0 radical (unpaired) electrons. The first-order valence-corrected chi connectivity index (χ1v) is 7.69. The molecule has 21 heavy (non-hydrogen) atoms. The summed E-state index contributed by atoms with van der Waals surface area (Å²) in [5, 5.41) is 10.6. The van der Waals surface area contributed by atoms with Crippen molar-refractivity contribution in [1.82, 2.24) is 0 Å². The maximum Gasteiger partial charge on any atom is 0.262 e. The highest BCUT2D eigenvalue weighted by Crippen LogP contribution is 2.20. The number of nitrogens with one attached hydrogen (secondary N) is 1. The average molecular weight is 304 g/mol. The molecule has 0 fully saturated rings. The van der Waals surface area contributed by atoms with Gasteiger partial charge in [-0.2, -0.15) is 0 Å². The van der Waals surface area contributed by atoms with Gasteiger partial charge in [0, 0.05) is 5.69 Å². The highest BCUT2D eigenvalue weighted by molar-refractivity contribution is 7.92. The molecule has 1 N–H and O–H groups in total. The molecule has 2 aromatic rings. The number of aryl methyl sites for hydroxylation is 2. The second-order valence-corrected chi connectivity index (χ2v) is 6.39. The summed E-state index contributed by atoms with van der Waals surface area (Å²) in [6, 6.07) is 10.4. The van der Waals surface area contributed by atoms with Gasteiger partial charge in [-0.25, -0.2) is 8.42 Å². The largest absolute Gasteiger partial charge is 0.545 e. The van der Waals surface area contributed by atoms with Crippen LogP contribution in [-0.2, 0) is 10.0 Å². The molecule has 0 amide bonds. The van der Waals surface area contributed by atoms with Crippen LogP contribution in [0.25, 0.3) is 0 Å². The van der Waals surface area contributed by atoms with Gasteiger partial charge in [0.25, 0.3) is 10.0 Å². The van der Waals surface area contributed by atoms with E-state index in [0.29, 0.717) is 11.3 Å². The van der Waals surface area contributed by atoms with Crippen LogP contribution in [0.3, 0.4) is 0 Å². The van der Waals surface area contributed by atoms with Crippen molar-refractivity contribution in [3.05, 3.63) is 59.2 Å². The van der Waals surface area contributed by atoms with Crippen molar-refractivity contribution < 1.29 is 18.3 Å². The quantitative estimate of drug-likeness (QED) is 0.926. The standard InChI is InChI=1S/C15H15NO4S/c1-10-3-8-14(11(2)9-10)21(19,20)16-13-6-4-12(5-7-13)15(17)18/h3-9,16H,1-2H3,(H,17,18)/p-1. The lowest BCUT2D eigenvalue weighted by Gasteiger charge is -2.11. The van der Waals surface area contributed by atoms with Crippen LogP contribution in [0.1, 0.15) is 21.5 Å². The van der Waals surface area contributed by atoms with E-state index in [0.717, 1.165) is 5.56 Å². The molecule has 5 nitrogen and oxygen atoms in total. The van der Waals surface area contributed by atoms with Crippen LogP contribution in [0.4, 0.5) is 5.69 Å². The van der Waals surface area contributed by atoms with E-state index in [4.69, 9.17) is 0 Å². The second kappa shape index (κ2) is 5.57. The zero-order valence-corrected chi connectivity index (χ0v) is 12.4. The number of rotatable bonds is 4. The summed E-state index contributed by atoms with van der Waals surface area (Å²) < 4.78 is 27.0. The molecule has 0 aliphatic rings. The molecule has 0 aliphatic carbocycles. The number of carbonyl (C=O) groups is 1. The number of carboxylic acid groups (broad SMARTS) is 1. The Balaban J connectivity index is 2.30. The maximum atomic E-state index is 12.3. The topological polar surface area (TPSA) is 86.3 Å². The van der Waals surface area contributed by atoms with E-state index in [1.54, 1.807) is 25.1 Å². The molecule has 0 bridgehead atoms. The van der Waals surface area contributed by atoms with E-state index >= 15 is 0 Å². The third-order valence-corrected chi connectivity index (χ3v) is 4.53. The summed E-state index contributed by atoms with van der Waals surface area (Å²) in [5.74, 6) is -1.31. The summed E-state index contributed by atoms with van der Waals surface area (Å²) in [5.41, 5.74) is 1.91. The average Bonchev–Trinajstić information content (AvgIpc) is 2.38. The number of hydrogen-bond donors (Lipinski definition) is 1. The Morgan fingerprint density at radius 3 is 2.19 bits per heavy atom. The Bertz CT molecular complexity index is 780. The molecule has 0 heterocycles. The summed E-state index contributed by atoms with van der Waals surface area (Å²) in [7, 11) is -3.71. The van der Waals surface area contributed by atoms with Gasteiger partial charge in [-0.1, -0.05) is 29.8 Å². The molecule has 2 aromatic carbocycles. The van der Waals surface area contributed by atoms with Crippen LogP contribution >= 0.6 is 0 Å². The van der Waals surface area contributed by atoms with Gasteiger partial charge in [-0.05, 0) is 43.2 Å². The molecule has 0 unspecified atom stereocenters. The SMILES string of the molecule is Cc1ccc(S(=O)(=O)Nc2ccc(C(=O)[O-])cc2)c(C)c1. The third kappa shape index (κ3) is 3.41. The summed E-state index contributed by atoms with van der Waals surface area (Å²) in [4.78, 5) is 10.8. The zero-order chi connectivity index (χ0) is 15.6. The van der Waals surface area contributed by atoms with Gasteiger partial charge in [-0.3, -0.25) is 4.72 Å². The fraction of sp³-hybridized carbons (Fsp3) is 0.133. The van der Waals surface area contributed by atoms with E-state index in [2.05, 4.69) is 4.72 Å². The van der Waals surface area contributed by atoms with Crippen LogP contribution < -0.4 is 9.83 Å². The highest BCUT2D eigenvalue weighted by Gasteiger charge is 2.16. The van der Waals surface area contributed by atoms with Crippen LogP contribution in [0, 0.1) is 13.8 Å². The van der Waals surface area contributed by atoms with Crippen LogP contribution in [0.15, 0.2) is 47.4 Å².